The highest BCUT2D eigenvalue weighted by Crippen LogP contribution is 2.43. The van der Waals surface area contributed by atoms with Gasteiger partial charge in [-0.1, -0.05) is 40.2 Å². The van der Waals surface area contributed by atoms with Gasteiger partial charge in [-0.2, -0.15) is 0 Å². The minimum absolute atomic E-state index is 0.0197. The summed E-state index contributed by atoms with van der Waals surface area (Å²) in [5.74, 6) is 0.0736. The molecule has 0 aromatic heterocycles. The summed E-state index contributed by atoms with van der Waals surface area (Å²) in [6, 6.07) is 12.6. The smallest absolute Gasteiger partial charge is 0.131 e. The Bertz CT molecular complexity index is 855. The first-order valence-corrected chi connectivity index (χ1v) is 7.68. The second kappa shape index (κ2) is 5.54. The van der Waals surface area contributed by atoms with Crippen LogP contribution in [0.1, 0.15) is 16.7 Å². The van der Waals surface area contributed by atoms with Crippen LogP contribution in [0.15, 0.2) is 46.9 Å². The van der Waals surface area contributed by atoms with Crippen LogP contribution in [0.3, 0.4) is 0 Å². The summed E-state index contributed by atoms with van der Waals surface area (Å²) >= 11 is 3.39. The van der Waals surface area contributed by atoms with E-state index in [9.17, 15) is 15.3 Å². The van der Waals surface area contributed by atoms with Crippen molar-refractivity contribution in [1.82, 2.24) is 0 Å². The molecule has 0 fully saturated rings. The van der Waals surface area contributed by atoms with E-state index in [1.54, 1.807) is 19.1 Å². The minimum atomic E-state index is -0.0395. The van der Waals surface area contributed by atoms with E-state index >= 15 is 0 Å². The van der Waals surface area contributed by atoms with Crippen molar-refractivity contribution < 1.29 is 15.3 Å². The molecule has 0 radical (unpaired) electrons. The average Bonchev–Trinajstić information content (AvgIpc) is 2.51. The summed E-state index contributed by atoms with van der Waals surface area (Å²) in [5, 5.41) is 31.7. The van der Waals surface area contributed by atoms with Crippen LogP contribution in [-0.4, -0.2) is 15.3 Å². The van der Waals surface area contributed by atoms with E-state index in [4.69, 9.17) is 0 Å². The summed E-state index contributed by atoms with van der Waals surface area (Å²) in [5.41, 5.74) is 2.25. The van der Waals surface area contributed by atoms with Gasteiger partial charge >= 0.3 is 0 Å². The van der Waals surface area contributed by atoms with Crippen molar-refractivity contribution in [2.45, 2.75) is 13.3 Å². The first kappa shape index (κ1) is 14.7. The van der Waals surface area contributed by atoms with Crippen molar-refractivity contribution in [2.75, 3.05) is 0 Å². The number of hydrogen-bond donors (Lipinski definition) is 3. The summed E-state index contributed by atoms with van der Waals surface area (Å²) < 4.78 is 0.983. The zero-order valence-electron chi connectivity index (χ0n) is 12.0. The highest BCUT2D eigenvalue weighted by atomic mass is 79.9. The molecule has 0 atom stereocenters. The van der Waals surface area contributed by atoms with Gasteiger partial charge in [0, 0.05) is 21.8 Å². The van der Waals surface area contributed by atoms with Crippen molar-refractivity contribution in [3.8, 4) is 17.2 Å². The molecule has 0 aliphatic carbocycles. The number of phenolic OH excluding ortho intramolecular Hbond substituents is 3. The molecule has 112 valence electrons. The fourth-order valence-electron chi connectivity index (χ4n) is 2.68. The molecule has 0 unspecified atom stereocenters. The Morgan fingerprint density at radius 3 is 2.27 bits per heavy atom. The van der Waals surface area contributed by atoms with Crippen LogP contribution in [0.5, 0.6) is 17.2 Å². The molecule has 0 heterocycles. The van der Waals surface area contributed by atoms with Crippen molar-refractivity contribution >= 4 is 26.7 Å². The van der Waals surface area contributed by atoms with Gasteiger partial charge in [0.2, 0.25) is 0 Å². The second-order valence-electron chi connectivity index (χ2n) is 5.30. The van der Waals surface area contributed by atoms with Crippen LogP contribution in [-0.2, 0) is 6.42 Å². The SMILES string of the molecule is Cc1c(Cc2ccc(Br)cc2)c(O)c2c(O)cccc2c1O. The predicted octanol–water partition coefficient (Wildman–Crippen LogP) is 4.62. The lowest BCUT2D eigenvalue weighted by Gasteiger charge is -2.15. The Morgan fingerprint density at radius 2 is 1.59 bits per heavy atom. The van der Waals surface area contributed by atoms with Gasteiger partial charge in [0.1, 0.15) is 17.2 Å². The third-order valence-corrected chi connectivity index (χ3v) is 4.45. The molecule has 0 aliphatic rings. The Labute approximate surface area is 136 Å². The number of rotatable bonds is 2. The third-order valence-electron chi connectivity index (χ3n) is 3.92. The van der Waals surface area contributed by atoms with E-state index in [-0.39, 0.29) is 22.6 Å². The average molecular weight is 359 g/mol. The molecule has 4 heteroatoms. The van der Waals surface area contributed by atoms with Crippen molar-refractivity contribution in [3.63, 3.8) is 0 Å². The van der Waals surface area contributed by atoms with Crippen molar-refractivity contribution in [3.05, 3.63) is 63.6 Å². The lowest BCUT2D eigenvalue weighted by atomic mass is 9.94. The van der Waals surface area contributed by atoms with Gasteiger partial charge in [0.05, 0.1) is 5.39 Å². The highest BCUT2D eigenvalue weighted by molar-refractivity contribution is 9.10. The zero-order chi connectivity index (χ0) is 15.9. The molecular weight excluding hydrogens is 344 g/mol. The molecule has 3 rings (SSSR count). The van der Waals surface area contributed by atoms with Crippen LogP contribution < -0.4 is 0 Å². The van der Waals surface area contributed by atoms with Gasteiger partial charge < -0.3 is 15.3 Å². The van der Waals surface area contributed by atoms with E-state index in [1.165, 1.54) is 6.07 Å². The Morgan fingerprint density at radius 1 is 0.909 bits per heavy atom. The molecule has 0 bridgehead atoms. The molecule has 0 spiro atoms. The normalized spacial score (nSPS) is 11.0. The van der Waals surface area contributed by atoms with E-state index in [1.807, 2.05) is 24.3 Å². The first-order chi connectivity index (χ1) is 10.5. The summed E-state index contributed by atoms with van der Waals surface area (Å²) in [4.78, 5) is 0. The van der Waals surface area contributed by atoms with Crippen molar-refractivity contribution in [1.29, 1.82) is 0 Å². The molecule has 3 N–H and O–H groups in total. The molecule has 22 heavy (non-hydrogen) atoms. The van der Waals surface area contributed by atoms with Gasteiger partial charge in [-0.25, -0.2) is 0 Å². The van der Waals surface area contributed by atoms with Crippen LogP contribution in [0.25, 0.3) is 10.8 Å². The topological polar surface area (TPSA) is 60.7 Å². The maximum Gasteiger partial charge on any atom is 0.131 e. The molecular formula is C18H15BrO3. The summed E-state index contributed by atoms with van der Waals surface area (Å²) in [7, 11) is 0. The van der Waals surface area contributed by atoms with Crippen LogP contribution in [0.4, 0.5) is 0 Å². The second-order valence-corrected chi connectivity index (χ2v) is 6.22. The Kier molecular flexibility index (Phi) is 3.71. The van der Waals surface area contributed by atoms with Gasteiger partial charge in [0.15, 0.2) is 0 Å². The molecule has 3 aromatic carbocycles. The standard InChI is InChI=1S/C18H15BrO3/c1-10-14(9-11-5-7-12(19)8-6-11)18(22)16-13(17(10)21)3-2-4-15(16)20/h2-8,20-22H,9H2,1H3. The molecule has 0 aliphatic heterocycles. The number of fused-ring (bicyclic) bond motifs is 1. The summed E-state index contributed by atoms with van der Waals surface area (Å²) in [6.07, 6.45) is 0.475. The molecule has 0 saturated heterocycles. The first-order valence-electron chi connectivity index (χ1n) is 6.88. The number of phenols is 3. The largest absolute Gasteiger partial charge is 0.507 e. The molecule has 3 aromatic rings. The number of aromatic hydroxyl groups is 3. The Balaban J connectivity index is 2.21. The number of benzene rings is 3. The highest BCUT2D eigenvalue weighted by Gasteiger charge is 2.18. The van der Waals surface area contributed by atoms with E-state index in [0.29, 0.717) is 22.9 Å². The van der Waals surface area contributed by atoms with Gasteiger partial charge in [0.25, 0.3) is 0 Å². The monoisotopic (exact) mass is 358 g/mol. The predicted molar refractivity (Wildman–Crippen MR) is 90.6 cm³/mol. The van der Waals surface area contributed by atoms with Crippen molar-refractivity contribution in [2.24, 2.45) is 0 Å². The third kappa shape index (κ3) is 2.40. The lowest BCUT2D eigenvalue weighted by Crippen LogP contribution is -1.95. The van der Waals surface area contributed by atoms with Crippen LogP contribution in [0, 0.1) is 6.92 Å². The summed E-state index contributed by atoms with van der Waals surface area (Å²) in [6.45, 7) is 1.77. The Hall–Kier alpha value is -2.20. The quantitative estimate of drug-likeness (QED) is 0.585. The van der Waals surface area contributed by atoms with E-state index in [0.717, 1.165) is 10.0 Å². The molecule has 0 amide bonds. The molecule has 3 nitrogen and oxygen atoms in total. The minimum Gasteiger partial charge on any atom is -0.507 e. The maximum atomic E-state index is 10.6. The fourth-order valence-corrected chi connectivity index (χ4v) is 2.95. The van der Waals surface area contributed by atoms with E-state index < -0.39 is 0 Å². The van der Waals surface area contributed by atoms with E-state index in [2.05, 4.69) is 15.9 Å². The number of hydrogen-bond acceptors (Lipinski definition) is 3. The van der Waals surface area contributed by atoms with Crippen LogP contribution >= 0.6 is 15.9 Å². The zero-order valence-corrected chi connectivity index (χ0v) is 13.6. The number of halogens is 1. The molecule has 0 saturated carbocycles. The van der Waals surface area contributed by atoms with Gasteiger partial charge in [-0.15, -0.1) is 0 Å². The van der Waals surface area contributed by atoms with Gasteiger partial charge in [-0.3, -0.25) is 0 Å². The van der Waals surface area contributed by atoms with Crippen LogP contribution in [0.2, 0.25) is 0 Å². The fraction of sp³-hybridized carbons (Fsp3) is 0.111. The maximum absolute atomic E-state index is 10.6. The van der Waals surface area contributed by atoms with Gasteiger partial charge in [-0.05, 0) is 36.2 Å². The lowest BCUT2D eigenvalue weighted by molar-refractivity contribution is 0.451.